The smallest absolute Gasteiger partial charge is 0.205 e. The van der Waals surface area contributed by atoms with Crippen LogP contribution in [0.1, 0.15) is 15.9 Å². The number of benzene rings is 3. The fourth-order valence-corrected chi connectivity index (χ4v) is 3.39. The maximum absolute atomic E-state index is 13.0. The highest BCUT2D eigenvalue weighted by molar-refractivity contribution is 6.20. The number of furan rings is 1. The standard InChI is InChI=1S/C23H18O6/c1-27-21-18-15-8-3-4-9-17(15)29-22(18)23(28-2)20(26)19(21)16(25)11-10-13-6-5-7-14(24)12-13/h3-12,24,26H,1-2H3. The number of methoxy groups -OCH3 is 2. The number of phenols is 2. The molecule has 1 aromatic heterocycles. The summed E-state index contributed by atoms with van der Waals surface area (Å²) in [5, 5.41) is 21.6. The van der Waals surface area contributed by atoms with Gasteiger partial charge in [-0.25, -0.2) is 0 Å². The van der Waals surface area contributed by atoms with Crippen molar-refractivity contribution in [2.24, 2.45) is 0 Å². The molecule has 4 rings (SSSR count). The molecule has 0 fully saturated rings. The molecule has 146 valence electrons. The molecule has 0 aliphatic heterocycles. The first-order valence-corrected chi connectivity index (χ1v) is 8.84. The van der Waals surface area contributed by atoms with Crippen LogP contribution in [0.15, 0.2) is 59.0 Å². The number of phenolic OH excluding ortho intramolecular Hbond substituents is 2. The van der Waals surface area contributed by atoms with Crippen LogP contribution in [0.3, 0.4) is 0 Å². The number of carbonyl (C=O) groups is 1. The zero-order valence-corrected chi connectivity index (χ0v) is 15.8. The molecule has 0 unspecified atom stereocenters. The Balaban J connectivity index is 1.94. The van der Waals surface area contributed by atoms with E-state index in [0.29, 0.717) is 22.1 Å². The van der Waals surface area contributed by atoms with E-state index in [1.54, 1.807) is 24.3 Å². The predicted octanol–water partition coefficient (Wildman–Crippen LogP) is 4.91. The zero-order chi connectivity index (χ0) is 20.5. The van der Waals surface area contributed by atoms with E-state index < -0.39 is 5.78 Å². The minimum atomic E-state index is -0.479. The molecule has 0 amide bonds. The van der Waals surface area contributed by atoms with Crippen LogP contribution in [0.2, 0.25) is 0 Å². The third-order valence-electron chi connectivity index (χ3n) is 4.66. The summed E-state index contributed by atoms with van der Waals surface area (Å²) in [4.78, 5) is 13.0. The SMILES string of the molecule is COc1c(O)c(C(=O)C=Cc2cccc(O)c2)c(OC)c2c1oc1ccccc12. The largest absolute Gasteiger partial charge is 0.508 e. The number of aromatic hydroxyl groups is 2. The van der Waals surface area contributed by atoms with Crippen LogP contribution < -0.4 is 9.47 Å². The number of carbonyl (C=O) groups excluding carboxylic acids is 1. The van der Waals surface area contributed by atoms with Crippen molar-refractivity contribution in [1.82, 2.24) is 0 Å². The van der Waals surface area contributed by atoms with E-state index in [9.17, 15) is 15.0 Å². The van der Waals surface area contributed by atoms with E-state index in [1.165, 1.54) is 32.4 Å². The van der Waals surface area contributed by atoms with Crippen molar-refractivity contribution in [2.75, 3.05) is 14.2 Å². The molecule has 0 radical (unpaired) electrons. The molecule has 2 N–H and O–H groups in total. The number of fused-ring (bicyclic) bond motifs is 3. The average Bonchev–Trinajstić information content (AvgIpc) is 3.10. The van der Waals surface area contributed by atoms with Crippen LogP contribution in [0, 0.1) is 0 Å². The van der Waals surface area contributed by atoms with Crippen LogP contribution in [0.25, 0.3) is 28.0 Å². The molecular formula is C23H18O6. The number of ether oxygens (including phenoxy) is 2. The lowest BCUT2D eigenvalue weighted by Gasteiger charge is -2.13. The summed E-state index contributed by atoms with van der Waals surface area (Å²) >= 11 is 0. The summed E-state index contributed by atoms with van der Waals surface area (Å²) in [6, 6.07) is 13.8. The van der Waals surface area contributed by atoms with Gasteiger partial charge in [-0.05, 0) is 29.8 Å². The van der Waals surface area contributed by atoms with Gasteiger partial charge in [-0.2, -0.15) is 0 Å². The van der Waals surface area contributed by atoms with Gasteiger partial charge in [0.2, 0.25) is 5.75 Å². The van der Waals surface area contributed by atoms with Gasteiger partial charge in [0, 0.05) is 5.39 Å². The van der Waals surface area contributed by atoms with Gasteiger partial charge in [0.25, 0.3) is 0 Å². The lowest BCUT2D eigenvalue weighted by atomic mass is 10.0. The quantitative estimate of drug-likeness (QED) is 0.372. The van der Waals surface area contributed by atoms with Crippen LogP contribution in [-0.2, 0) is 0 Å². The van der Waals surface area contributed by atoms with Gasteiger partial charge in [0.15, 0.2) is 17.1 Å². The molecular weight excluding hydrogens is 372 g/mol. The second-order valence-corrected chi connectivity index (χ2v) is 6.39. The summed E-state index contributed by atoms with van der Waals surface area (Å²) in [6.07, 6.45) is 2.85. The number of allylic oxidation sites excluding steroid dienone is 1. The Morgan fingerprint density at radius 3 is 2.48 bits per heavy atom. The maximum Gasteiger partial charge on any atom is 0.205 e. The number of ketones is 1. The summed E-state index contributed by atoms with van der Waals surface area (Å²) < 4.78 is 16.7. The Morgan fingerprint density at radius 2 is 1.76 bits per heavy atom. The predicted molar refractivity (Wildman–Crippen MR) is 110 cm³/mol. The van der Waals surface area contributed by atoms with Crippen molar-refractivity contribution in [3.8, 4) is 23.0 Å². The first-order valence-electron chi connectivity index (χ1n) is 8.84. The van der Waals surface area contributed by atoms with Crippen LogP contribution in [-0.4, -0.2) is 30.2 Å². The van der Waals surface area contributed by atoms with Crippen LogP contribution in [0.5, 0.6) is 23.0 Å². The summed E-state index contributed by atoms with van der Waals surface area (Å²) in [6.45, 7) is 0. The molecule has 3 aromatic carbocycles. The summed E-state index contributed by atoms with van der Waals surface area (Å²) in [5.74, 6) is -0.484. The fourth-order valence-electron chi connectivity index (χ4n) is 3.39. The first kappa shape index (κ1) is 18.4. The van der Waals surface area contributed by atoms with Gasteiger partial charge in [0.05, 0.1) is 19.6 Å². The molecule has 6 nitrogen and oxygen atoms in total. The van der Waals surface area contributed by atoms with E-state index in [2.05, 4.69) is 0 Å². The number of rotatable bonds is 5. The average molecular weight is 390 g/mol. The molecule has 0 saturated carbocycles. The van der Waals surface area contributed by atoms with Crippen molar-refractivity contribution < 1.29 is 28.9 Å². The van der Waals surface area contributed by atoms with Crippen molar-refractivity contribution in [2.45, 2.75) is 0 Å². The lowest BCUT2D eigenvalue weighted by molar-refractivity contribution is 0.104. The molecule has 0 bridgehead atoms. The highest BCUT2D eigenvalue weighted by atomic mass is 16.5. The monoisotopic (exact) mass is 390 g/mol. The van der Waals surface area contributed by atoms with Crippen molar-refractivity contribution in [3.63, 3.8) is 0 Å². The van der Waals surface area contributed by atoms with Crippen molar-refractivity contribution >= 4 is 33.8 Å². The second-order valence-electron chi connectivity index (χ2n) is 6.39. The van der Waals surface area contributed by atoms with Gasteiger partial charge < -0.3 is 24.1 Å². The van der Waals surface area contributed by atoms with Gasteiger partial charge in [-0.3, -0.25) is 4.79 Å². The summed E-state index contributed by atoms with van der Waals surface area (Å²) in [7, 11) is 2.82. The van der Waals surface area contributed by atoms with Gasteiger partial charge >= 0.3 is 0 Å². The molecule has 0 aliphatic rings. The molecule has 0 aliphatic carbocycles. The molecule has 6 heteroatoms. The normalized spacial score (nSPS) is 11.4. The Bertz CT molecular complexity index is 1270. The van der Waals surface area contributed by atoms with Gasteiger partial charge in [-0.15, -0.1) is 0 Å². The molecule has 0 saturated heterocycles. The van der Waals surface area contributed by atoms with Crippen molar-refractivity contribution in [1.29, 1.82) is 0 Å². The summed E-state index contributed by atoms with van der Waals surface area (Å²) in [5.41, 5.74) is 1.49. The van der Waals surface area contributed by atoms with E-state index in [1.807, 2.05) is 18.2 Å². The highest BCUT2D eigenvalue weighted by Gasteiger charge is 2.28. The number of para-hydroxylation sites is 1. The second kappa shape index (κ2) is 7.24. The maximum atomic E-state index is 13.0. The minimum Gasteiger partial charge on any atom is -0.508 e. The van der Waals surface area contributed by atoms with E-state index in [4.69, 9.17) is 13.9 Å². The highest BCUT2D eigenvalue weighted by Crippen LogP contribution is 2.49. The Morgan fingerprint density at radius 1 is 1.00 bits per heavy atom. The first-order chi connectivity index (χ1) is 14.0. The van der Waals surface area contributed by atoms with E-state index in [-0.39, 0.29) is 28.6 Å². The number of hydrogen-bond acceptors (Lipinski definition) is 6. The van der Waals surface area contributed by atoms with Gasteiger partial charge in [0.1, 0.15) is 22.6 Å². The molecule has 0 atom stereocenters. The topological polar surface area (TPSA) is 89.1 Å². The molecule has 29 heavy (non-hydrogen) atoms. The zero-order valence-electron chi connectivity index (χ0n) is 15.8. The number of hydrogen-bond donors (Lipinski definition) is 2. The van der Waals surface area contributed by atoms with Crippen LogP contribution >= 0.6 is 0 Å². The Hall–Kier alpha value is -3.93. The Kier molecular flexibility index (Phi) is 4.60. The van der Waals surface area contributed by atoms with E-state index >= 15 is 0 Å². The van der Waals surface area contributed by atoms with E-state index in [0.717, 1.165) is 5.39 Å². The third kappa shape index (κ3) is 3.04. The van der Waals surface area contributed by atoms with Crippen LogP contribution in [0.4, 0.5) is 0 Å². The molecule has 1 heterocycles. The molecule has 4 aromatic rings. The molecule has 0 spiro atoms. The third-order valence-corrected chi connectivity index (χ3v) is 4.66. The lowest BCUT2D eigenvalue weighted by Crippen LogP contribution is -2.02. The van der Waals surface area contributed by atoms with Gasteiger partial charge in [-0.1, -0.05) is 36.4 Å². The minimum absolute atomic E-state index is 0.0280. The van der Waals surface area contributed by atoms with Crippen molar-refractivity contribution in [3.05, 3.63) is 65.7 Å². The fraction of sp³-hybridized carbons (Fsp3) is 0.0870. The Labute approximate surface area is 166 Å².